The lowest BCUT2D eigenvalue weighted by Gasteiger charge is -2.20. The summed E-state index contributed by atoms with van der Waals surface area (Å²) in [6.07, 6.45) is -1.98. The maximum atomic E-state index is 11.0. The number of hydrogen-bond acceptors (Lipinski definition) is 6. The quantitative estimate of drug-likeness (QED) is 0.521. The highest BCUT2D eigenvalue weighted by atomic mass is 16.6. The molecule has 1 aliphatic heterocycles. The zero-order valence-electron chi connectivity index (χ0n) is 9.58. The van der Waals surface area contributed by atoms with E-state index in [-0.39, 0.29) is 0 Å². The molecule has 1 fully saturated rings. The standard InChI is InChI=1S/C11H13NO5/c1-4-8-10(15-6(2)13)11(16-7(3)14)9(5-12)17-8/h4,8-11H,1H2,2-3H3/t8-,9+,10-,11+/m1/s1. The van der Waals surface area contributed by atoms with E-state index in [0.29, 0.717) is 0 Å². The number of hydrogen-bond donors (Lipinski definition) is 0. The molecule has 92 valence electrons. The smallest absolute Gasteiger partial charge is 0.303 e. The minimum Gasteiger partial charge on any atom is -0.455 e. The molecular formula is C11H13NO5. The molecule has 0 bridgehead atoms. The van der Waals surface area contributed by atoms with Gasteiger partial charge < -0.3 is 14.2 Å². The van der Waals surface area contributed by atoms with Gasteiger partial charge in [0, 0.05) is 13.8 Å². The van der Waals surface area contributed by atoms with Gasteiger partial charge in [0.05, 0.1) is 6.07 Å². The number of nitriles is 1. The Morgan fingerprint density at radius 3 is 2.24 bits per heavy atom. The number of carbonyl (C=O) groups is 2. The first-order chi connectivity index (χ1) is 7.99. The Bertz CT molecular complexity index is 373. The third-order valence-electron chi connectivity index (χ3n) is 2.21. The number of rotatable bonds is 3. The fraction of sp³-hybridized carbons (Fsp3) is 0.545. The molecular weight excluding hydrogens is 226 g/mol. The molecule has 1 saturated heterocycles. The Labute approximate surface area is 98.7 Å². The summed E-state index contributed by atoms with van der Waals surface area (Å²) in [5.41, 5.74) is 0. The molecule has 0 N–H and O–H groups in total. The molecule has 1 rings (SSSR count). The molecule has 1 heterocycles. The van der Waals surface area contributed by atoms with Crippen molar-refractivity contribution in [1.29, 1.82) is 5.26 Å². The van der Waals surface area contributed by atoms with Crippen molar-refractivity contribution in [3.8, 4) is 6.07 Å². The van der Waals surface area contributed by atoms with E-state index in [0.717, 1.165) is 0 Å². The van der Waals surface area contributed by atoms with Crippen LogP contribution in [0.4, 0.5) is 0 Å². The van der Waals surface area contributed by atoms with Gasteiger partial charge in [-0.05, 0) is 0 Å². The van der Waals surface area contributed by atoms with Crippen LogP contribution in [0.1, 0.15) is 13.8 Å². The first-order valence-electron chi connectivity index (χ1n) is 5.01. The highest BCUT2D eigenvalue weighted by Gasteiger charge is 2.48. The van der Waals surface area contributed by atoms with Crippen molar-refractivity contribution in [3.05, 3.63) is 12.7 Å². The van der Waals surface area contributed by atoms with Crippen LogP contribution in [0, 0.1) is 11.3 Å². The second-order valence-electron chi connectivity index (χ2n) is 3.53. The van der Waals surface area contributed by atoms with Crippen molar-refractivity contribution in [2.24, 2.45) is 0 Å². The number of esters is 2. The SMILES string of the molecule is C=C[C@H]1O[C@@H](C#N)[C@H](OC(C)=O)[C@@H]1OC(C)=O. The number of carbonyl (C=O) groups excluding carboxylic acids is 2. The van der Waals surface area contributed by atoms with Crippen molar-refractivity contribution in [2.45, 2.75) is 38.3 Å². The van der Waals surface area contributed by atoms with E-state index in [1.165, 1.54) is 19.9 Å². The van der Waals surface area contributed by atoms with Crippen LogP contribution in [0.2, 0.25) is 0 Å². The maximum Gasteiger partial charge on any atom is 0.303 e. The van der Waals surface area contributed by atoms with Gasteiger partial charge in [-0.2, -0.15) is 5.26 Å². The molecule has 0 aromatic rings. The molecule has 17 heavy (non-hydrogen) atoms. The Morgan fingerprint density at radius 1 is 1.29 bits per heavy atom. The Kier molecular flexibility index (Phi) is 4.24. The van der Waals surface area contributed by atoms with Gasteiger partial charge in [0.2, 0.25) is 0 Å². The van der Waals surface area contributed by atoms with Crippen molar-refractivity contribution in [3.63, 3.8) is 0 Å². The van der Waals surface area contributed by atoms with E-state index in [2.05, 4.69) is 6.58 Å². The first kappa shape index (κ1) is 13.2. The van der Waals surface area contributed by atoms with Crippen LogP contribution < -0.4 is 0 Å². The van der Waals surface area contributed by atoms with Crippen LogP contribution in [0.5, 0.6) is 0 Å². The summed E-state index contributed by atoms with van der Waals surface area (Å²) in [5.74, 6) is -1.11. The predicted molar refractivity (Wildman–Crippen MR) is 55.6 cm³/mol. The van der Waals surface area contributed by atoms with Gasteiger partial charge in [-0.3, -0.25) is 9.59 Å². The van der Waals surface area contributed by atoms with Gasteiger partial charge in [-0.1, -0.05) is 6.08 Å². The number of ether oxygens (including phenoxy) is 3. The topological polar surface area (TPSA) is 85.6 Å². The zero-order valence-corrected chi connectivity index (χ0v) is 9.58. The fourth-order valence-electron chi connectivity index (χ4n) is 1.62. The van der Waals surface area contributed by atoms with E-state index >= 15 is 0 Å². The summed E-state index contributed by atoms with van der Waals surface area (Å²) >= 11 is 0. The van der Waals surface area contributed by atoms with Crippen molar-refractivity contribution in [1.82, 2.24) is 0 Å². The summed E-state index contributed by atoms with van der Waals surface area (Å²) in [6, 6.07) is 1.85. The molecule has 6 heteroatoms. The molecule has 0 spiro atoms. The lowest BCUT2D eigenvalue weighted by atomic mass is 10.1. The highest BCUT2D eigenvalue weighted by Crippen LogP contribution is 2.27. The lowest BCUT2D eigenvalue weighted by molar-refractivity contribution is -0.162. The molecule has 0 aromatic heterocycles. The summed E-state index contributed by atoms with van der Waals surface area (Å²) in [6.45, 7) is 5.95. The molecule has 6 nitrogen and oxygen atoms in total. The maximum absolute atomic E-state index is 11.0. The molecule has 0 aliphatic carbocycles. The molecule has 0 unspecified atom stereocenters. The first-order valence-corrected chi connectivity index (χ1v) is 5.01. The number of nitrogens with zero attached hydrogens (tertiary/aromatic N) is 1. The minimum atomic E-state index is -0.966. The molecule has 0 saturated carbocycles. The van der Waals surface area contributed by atoms with Crippen molar-refractivity contribution in [2.75, 3.05) is 0 Å². The van der Waals surface area contributed by atoms with Crippen LogP contribution in [-0.2, 0) is 23.8 Å². The van der Waals surface area contributed by atoms with E-state index in [4.69, 9.17) is 19.5 Å². The third-order valence-corrected chi connectivity index (χ3v) is 2.21. The summed E-state index contributed by atoms with van der Waals surface area (Å²) in [5, 5.41) is 8.87. The van der Waals surface area contributed by atoms with Crippen LogP contribution in [-0.4, -0.2) is 36.4 Å². The Hall–Kier alpha value is -1.87. The average molecular weight is 239 g/mol. The predicted octanol–water partition coefficient (Wildman–Crippen LogP) is 0.327. The van der Waals surface area contributed by atoms with Gasteiger partial charge in [0.1, 0.15) is 6.10 Å². The second-order valence-corrected chi connectivity index (χ2v) is 3.53. The second kappa shape index (κ2) is 5.46. The zero-order chi connectivity index (χ0) is 13.0. The lowest BCUT2D eigenvalue weighted by Crippen LogP contribution is -2.38. The average Bonchev–Trinajstić information content (AvgIpc) is 2.55. The molecule has 0 aromatic carbocycles. The van der Waals surface area contributed by atoms with Crippen LogP contribution >= 0.6 is 0 Å². The van der Waals surface area contributed by atoms with Crippen molar-refractivity contribution < 1.29 is 23.8 Å². The van der Waals surface area contributed by atoms with E-state index < -0.39 is 36.4 Å². The largest absolute Gasteiger partial charge is 0.455 e. The normalized spacial score (nSPS) is 31.4. The monoisotopic (exact) mass is 239 g/mol. The fourth-order valence-corrected chi connectivity index (χ4v) is 1.62. The Morgan fingerprint density at radius 2 is 1.82 bits per heavy atom. The summed E-state index contributed by atoms with van der Waals surface area (Å²) in [7, 11) is 0. The van der Waals surface area contributed by atoms with Gasteiger partial charge >= 0.3 is 11.9 Å². The van der Waals surface area contributed by atoms with Crippen LogP contribution in [0.15, 0.2) is 12.7 Å². The van der Waals surface area contributed by atoms with E-state index in [9.17, 15) is 9.59 Å². The Balaban J connectivity index is 2.91. The van der Waals surface area contributed by atoms with Gasteiger partial charge in [0.15, 0.2) is 18.3 Å². The van der Waals surface area contributed by atoms with E-state index in [1.807, 2.05) is 6.07 Å². The van der Waals surface area contributed by atoms with Gasteiger partial charge in [-0.25, -0.2) is 0 Å². The molecule has 1 aliphatic rings. The molecule has 0 radical (unpaired) electrons. The van der Waals surface area contributed by atoms with Crippen LogP contribution in [0.25, 0.3) is 0 Å². The molecule has 4 atom stereocenters. The summed E-state index contributed by atoms with van der Waals surface area (Å²) < 4.78 is 15.2. The van der Waals surface area contributed by atoms with Gasteiger partial charge in [-0.15, -0.1) is 6.58 Å². The minimum absolute atomic E-state index is 0.541. The molecule has 0 amide bonds. The van der Waals surface area contributed by atoms with Crippen LogP contribution in [0.3, 0.4) is 0 Å². The van der Waals surface area contributed by atoms with Crippen molar-refractivity contribution >= 4 is 11.9 Å². The van der Waals surface area contributed by atoms with Gasteiger partial charge in [0.25, 0.3) is 0 Å². The summed E-state index contributed by atoms with van der Waals surface area (Å²) in [4.78, 5) is 21.9. The highest BCUT2D eigenvalue weighted by molar-refractivity contribution is 5.67. The third kappa shape index (κ3) is 3.04. The van der Waals surface area contributed by atoms with E-state index in [1.54, 1.807) is 0 Å².